The first kappa shape index (κ1) is 22.4. The highest BCUT2D eigenvalue weighted by Gasteiger charge is 2.24. The summed E-state index contributed by atoms with van der Waals surface area (Å²) in [6, 6.07) is 29.2. The second kappa shape index (κ2) is 9.17. The van der Waals surface area contributed by atoms with E-state index in [-0.39, 0.29) is 18.7 Å². The number of para-hydroxylation sites is 1. The summed E-state index contributed by atoms with van der Waals surface area (Å²) >= 11 is 3.71. The van der Waals surface area contributed by atoms with Crippen LogP contribution in [-0.2, 0) is 0 Å². The topological polar surface area (TPSA) is 65.4 Å². The van der Waals surface area contributed by atoms with Crippen LogP contribution in [0.1, 0.15) is 28.9 Å². The number of imidazole rings is 1. The Kier molecular flexibility index (Phi) is 5.70. The van der Waals surface area contributed by atoms with Crippen molar-refractivity contribution in [1.29, 1.82) is 0 Å². The van der Waals surface area contributed by atoms with Gasteiger partial charge in [0.15, 0.2) is 11.5 Å². The van der Waals surface area contributed by atoms with Gasteiger partial charge in [0.05, 0.1) is 17.1 Å². The number of rotatable bonds is 5. The summed E-state index contributed by atoms with van der Waals surface area (Å²) in [7, 11) is 0. The molecule has 1 aliphatic heterocycles. The first-order chi connectivity index (χ1) is 17.6. The average molecular weight is 540 g/mol. The number of carbonyl (C=O) groups is 1. The molecule has 0 radical (unpaired) electrons. The Balaban J connectivity index is 1.49. The highest BCUT2D eigenvalue weighted by molar-refractivity contribution is 9.10. The molecule has 0 saturated carbocycles. The number of ether oxygens (including phenoxy) is 2. The fourth-order valence-electron chi connectivity index (χ4n) is 4.52. The van der Waals surface area contributed by atoms with Crippen LogP contribution in [0.2, 0.25) is 0 Å². The summed E-state index contributed by atoms with van der Waals surface area (Å²) in [5, 5.41) is 2.95. The number of hydrogen-bond acceptors (Lipinski definition) is 4. The van der Waals surface area contributed by atoms with Crippen molar-refractivity contribution >= 4 is 38.6 Å². The van der Waals surface area contributed by atoms with Crippen molar-refractivity contribution in [3.8, 4) is 22.9 Å². The molecular formula is C29H22BrN3O3. The van der Waals surface area contributed by atoms with Crippen LogP contribution in [0.15, 0.2) is 95.5 Å². The summed E-state index contributed by atoms with van der Waals surface area (Å²) in [5.74, 6) is 1.97. The van der Waals surface area contributed by atoms with Gasteiger partial charge >= 0.3 is 0 Å². The molecule has 4 aromatic carbocycles. The molecular weight excluding hydrogens is 518 g/mol. The van der Waals surface area contributed by atoms with Crippen molar-refractivity contribution < 1.29 is 14.3 Å². The standard InChI is InChI=1S/C29H22BrN3O3/c1-18(19-8-4-2-5-9-19)33-25-13-12-20(29(34)31-21-10-6-3-7-11-21)14-24(25)32-28(33)22-15-26-27(16-23(22)30)36-17-35-26/h2-16,18H,17H2,1H3,(H,31,34)/t18-/m0/s1. The van der Waals surface area contributed by atoms with Crippen molar-refractivity contribution in [1.82, 2.24) is 9.55 Å². The zero-order chi connectivity index (χ0) is 24.6. The minimum Gasteiger partial charge on any atom is -0.454 e. The zero-order valence-corrected chi connectivity index (χ0v) is 21.0. The number of benzene rings is 4. The third kappa shape index (κ3) is 4.01. The van der Waals surface area contributed by atoms with Crippen LogP contribution in [0.3, 0.4) is 0 Å². The highest BCUT2D eigenvalue weighted by atomic mass is 79.9. The molecule has 0 fully saturated rings. The van der Waals surface area contributed by atoms with Crippen molar-refractivity contribution in [2.45, 2.75) is 13.0 Å². The van der Waals surface area contributed by atoms with Gasteiger partial charge in [0.1, 0.15) is 5.82 Å². The van der Waals surface area contributed by atoms with E-state index in [4.69, 9.17) is 14.5 Å². The number of fused-ring (bicyclic) bond motifs is 2. The van der Waals surface area contributed by atoms with Crippen molar-refractivity contribution in [3.05, 3.63) is 107 Å². The molecule has 6 rings (SSSR count). The monoisotopic (exact) mass is 539 g/mol. The Hall–Kier alpha value is -4.10. The number of hydrogen-bond donors (Lipinski definition) is 1. The van der Waals surface area contributed by atoms with E-state index in [0.717, 1.165) is 38.1 Å². The summed E-state index contributed by atoms with van der Waals surface area (Å²) in [6.45, 7) is 2.35. The van der Waals surface area contributed by atoms with Gasteiger partial charge in [-0.05, 0) is 70.9 Å². The minimum atomic E-state index is -0.181. The normalized spacial score (nSPS) is 13.1. The minimum absolute atomic E-state index is 0.00693. The van der Waals surface area contributed by atoms with Crippen LogP contribution in [-0.4, -0.2) is 22.3 Å². The molecule has 0 bridgehead atoms. The van der Waals surface area contributed by atoms with Gasteiger partial charge in [0.2, 0.25) is 6.79 Å². The lowest BCUT2D eigenvalue weighted by atomic mass is 10.1. The molecule has 178 valence electrons. The Morgan fingerprint density at radius 2 is 1.64 bits per heavy atom. The van der Waals surface area contributed by atoms with Crippen LogP contribution >= 0.6 is 15.9 Å². The van der Waals surface area contributed by atoms with Gasteiger partial charge in [-0.1, -0.05) is 48.5 Å². The maximum absolute atomic E-state index is 13.0. The van der Waals surface area contributed by atoms with Gasteiger partial charge < -0.3 is 19.4 Å². The van der Waals surface area contributed by atoms with Crippen LogP contribution < -0.4 is 14.8 Å². The average Bonchev–Trinajstić information content (AvgIpc) is 3.52. The zero-order valence-electron chi connectivity index (χ0n) is 19.4. The molecule has 1 atom stereocenters. The lowest BCUT2D eigenvalue weighted by Crippen LogP contribution is -2.12. The van der Waals surface area contributed by atoms with Crippen LogP contribution in [0.25, 0.3) is 22.4 Å². The molecule has 0 aliphatic carbocycles. The van der Waals surface area contributed by atoms with E-state index in [1.165, 1.54) is 0 Å². The van der Waals surface area contributed by atoms with Gasteiger partial charge in [0.25, 0.3) is 5.91 Å². The van der Waals surface area contributed by atoms with E-state index >= 15 is 0 Å². The molecule has 1 amide bonds. The summed E-state index contributed by atoms with van der Waals surface area (Å²) in [4.78, 5) is 18.0. The van der Waals surface area contributed by atoms with Gasteiger partial charge in [-0.3, -0.25) is 4.79 Å². The first-order valence-electron chi connectivity index (χ1n) is 11.6. The van der Waals surface area contributed by atoms with E-state index in [0.29, 0.717) is 17.1 Å². The Bertz CT molecular complexity index is 1580. The largest absolute Gasteiger partial charge is 0.454 e. The second-order valence-corrected chi connectivity index (χ2v) is 9.46. The van der Waals surface area contributed by atoms with Crippen molar-refractivity contribution in [3.63, 3.8) is 0 Å². The Labute approximate surface area is 216 Å². The third-order valence-corrected chi connectivity index (χ3v) is 7.01. The maximum Gasteiger partial charge on any atom is 0.255 e. The van der Waals surface area contributed by atoms with E-state index in [2.05, 4.69) is 44.9 Å². The number of anilines is 1. The Morgan fingerprint density at radius 1 is 0.944 bits per heavy atom. The number of carbonyl (C=O) groups excluding carboxylic acids is 1. The number of nitrogens with zero attached hydrogens (tertiary/aromatic N) is 2. The molecule has 2 heterocycles. The van der Waals surface area contributed by atoms with Gasteiger partial charge in [-0.2, -0.15) is 0 Å². The number of amides is 1. The molecule has 36 heavy (non-hydrogen) atoms. The summed E-state index contributed by atoms with van der Waals surface area (Å²) < 4.78 is 14.2. The summed E-state index contributed by atoms with van der Waals surface area (Å²) in [6.07, 6.45) is 0. The fourth-order valence-corrected chi connectivity index (χ4v) is 5.02. The first-order valence-corrected chi connectivity index (χ1v) is 12.4. The van der Waals surface area contributed by atoms with Gasteiger partial charge in [-0.15, -0.1) is 0 Å². The third-order valence-electron chi connectivity index (χ3n) is 6.36. The molecule has 6 nitrogen and oxygen atoms in total. The summed E-state index contributed by atoms with van der Waals surface area (Å²) in [5.41, 5.74) is 4.99. The molecule has 1 aromatic heterocycles. The van der Waals surface area contributed by atoms with E-state index in [1.807, 2.05) is 78.9 Å². The SMILES string of the molecule is C[C@@H](c1ccccc1)n1c(-c2cc3c(cc2Br)OCO3)nc2cc(C(=O)Nc3ccccc3)ccc21. The highest BCUT2D eigenvalue weighted by Crippen LogP contribution is 2.42. The van der Waals surface area contributed by atoms with E-state index < -0.39 is 0 Å². The smallest absolute Gasteiger partial charge is 0.255 e. The lowest BCUT2D eigenvalue weighted by molar-refractivity contribution is 0.102. The van der Waals surface area contributed by atoms with E-state index in [1.54, 1.807) is 0 Å². The molecule has 0 unspecified atom stereocenters. The van der Waals surface area contributed by atoms with Gasteiger partial charge in [0, 0.05) is 21.3 Å². The van der Waals surface area contributed by atoms with Crippen LogP contribution in [0.4, 0.5) is 5.69 Å². The quantitative estimate of drug-likeness (QED) is 0.259. The fraction of sp³-hybridized carbons (Fsp3) is 0.103. The predicted molar refractivity (Wildman–Crippen MR) is 144 cm³/mol. The maximum atomic E-state index is 13.0. The van der Waals surface area contributed by atoms with Crippen LogP contribution in [0, 0.1) is 0 Å². The molecule has 0 saturated heterocycles. The van der Waals surface area contributed by atoms with Crippen molar-refractivity contribution in [2.75, 3.05) is 12.1 Å². The predicted octanol–water partition coefficient (Wildman–Crippen LogP) is 7.06. The molecule has 1 N–H and O–H groups in total. The molecule has 0 spiro atoms. The van der Waals surface area contributed by atoms with Crippen molar-refractivity contribution in [2.24, 2.45) is 0 Å². The Morgan fingerprint density at radius 3 is 2.39 bits per heavy atom. The molecule has 1 aliphatic rings. The van der Waals surface area contributed by atoms with Gasteiger partial charge in [-0.25, -0.2) is 4.98 Å². The number of nitrogens with one attached hydrogen (secondary N) is 1. The molecule has 7 heteroatoms. The number of aromatic nitrogens is 2. The second-order valence-electron chi connectivity index (χ2n) is 8.60. The lowest BCUT2D eigenvalue weighted by Gasteiger charge is -2.19. The number of halogens is 1. The molecule has 5 aromatic rings. The van der Waals surface area contributed by atoms with Crippen LogP contribution in [0.5, 0.6) is 11.5 Å². The van der Waals surface area contributed by atoms with E-state index in [9.17, 15) is 4.79 Å².